The number of anilines is 1. The molecule has 0 aliphatic heterocycles. The van der Waals surface area contributed by atoms with Gasteiger partial charge in [0, 0.05) is 5.69 Å². The lowest BCUT2D eigenvalue weighted by Crippen LogP contribution is -2.12. The Morgan fingerprint density at radius 1 is 1.05 bits per heavy atom. The molecule has 3 aromatic rings. The van der Waals surface area contributed by atoms with E-state index in [1.165, 1.54) is 0 Å². The number of nitrogens with zero attached hydrogens (tertiary/aromatic N) is 2. The van der Waals surface area contributed by atoms with E-state index >= 15 is 0 Å². The lowest BCUT2D eigenvalue weighted by molar-refractivity contribution is 0.102. The second-order valence-corrected chi connectivity index (χ2v) is 4.76. The van der Waals surface area contributed by atoms with Gasteiger partial charge in [0.05, 0.1) is 10.9 Å². The largest absolute Gasteiger partial charge is 0.501 e. The minimum atomic E-state index is -0.473. The average molecular weight is 290 g/mol. The van der Waals surface area contributed by atoms with Crippen molar-refractivity contribution in [2.24, 2.45) is 0 Å². The van der Waals surface area contributed by atoms with Crippen molar-refractivity contribution < 1.29 is 9.90 Å². The summed E-state index contributed by atoms with van der Waals surface area (Å²) in [5, 5.41) is 23.3. The first-order chi connectivity index (χ1) is 10.7. The number of benzene rings is 3. The third kappa shape index (κ3) is 2.34. The number of nitrogens with one attached hydrogen (secondary N) is 1. The van der Waals surface area contributed by atoms with E-state index in [4.69, 9.17) is 5.39 Å². The molecule has 0 aliphatic carbocycles. The van der Waals surface area contributed by atoms with E-state index in [0.29, 0.717) is 16.5 Å². The number of diazo groups is 1. The molecule has 0 bridgehead atoms. The van der Waals surface area contributed by atoms with Crippen LogP contribution in [0.15, 0.2) is 60.7 Å². The molecule has 3 aromatic carbocycles. The molecule has 0 atom stereocenters. The van der Waals surface area contributed by atoms with Crippen molar-refractivity contribution in [1.82, 2.24) is 0 Å². The molecule has 0 saturated heterocycles. The number of para-hydroxylation sites is 1. The van der Waals surface area contributed by atoms with Gasteiger partial charge in [0.1, 0.15) is 0 Å². The van der Waals surface area contributed by atoms with Crippen molar-refractivity contribution >= 4 is 28.1 Å². The van der Waals surface area contributed by atoms with Crippen LogP contribution in [0, 0.1) is 5.39 Å². The summed E-state index contributed by atoms with van der Waals surface area (Å²) in [6, 6.07) is 17.5. The van der Waals surface area contributed by atoms with Crippen LogP contribution >= 0.6 is 0 Å². The fourth-order valence-corrected chi connectivity index (χ4v) is 2.31. The first kappa shape index (κ1) is 13.6. The van der Waals surface area contributed by atoms with Crippen LogP contribution in [-0.4, -0.2) is 11.0 Å². The normalized spacial score (nSPS) is 10.1. The predicted molar refractivity (Wildman–Crippen MR) is 84.8 cm³/mol. The van der Waals surface area contributed by atoms with Gasteiger partial charge < -0.3 is 10.4 Å². The van der Waals surface area contributed by atoms with E-state index in [1.54, 1.807) is 54.6 Å². The van der Waals surface area contributed by atoms with Gasteiger partial charge in [-0.15, -0.1) is 0 Å². The molecule has 0 aromatic heterocycles. The second kappa shape index (κ2) is 5.54. The van der Waals surface area contributed by atoms with Crippen LogP contribution in [0.25, 0.3) is 15.7 Å². The predicted octanol–water partition coefficient (Wildman–Crippen LogP) is 4.28. The Hall–Kier alpha value is -3.39. The van der Waals surface area contributed by atoms with Crippen molar-refractivity contribution in [3.05, 3.63) is 71.2 Å². The Labute approximate surface area is 126 Å². The minimum Gasteiger partial charge on any atom is -0.501 e. The first-order valence-corrected chi connectivity index (χ1v) is 6.67. The highest BCUT2D eigenvalue weighted by Gasteiger charge is 2.26. The monoisotopic (exact) mass is 290 g/mol. The number of aromatic hydroxyl groups is 1. The highest BCUT2D eigenvalue weighted by Crippen LogP contribution is 2.38. The van der Waals surface area contributed by atoms with Gasteiger partial charge in [-0.1, -0.05) is 36.4 Å². The summed E-state index contributed by atoms with van der Waals surface area (Å²) in [4.78, 5) is 15.5. The van der Waals surface area contributed by atoms with Gasteiger partial charge in [-0.2, -0.15) is 0 Å². The standard InChI is InChI=1S/C17H11N3O2/c18-20-15-13-9-5-4-6-11(13)10-14(16(15)21)17(22)19-12-7-2-1-3-8-12/h1-10H,(H-,19,21,22)/p+1. The minimum absolute atomic E-state index is 0.0173. The molecule has 3 rings (SSSR count). The number of fused-ring (bicyclic) bond motifs is 1. The highest BCUT2D eigenvalue weighted by molar-refractivity contribution is 6.12. The van der Waals surface area contributed by atoms with Crippen molar-refractivity contribution in [1.29, 1.82) is 5.39 Å². The molecule has 2 N–H and O–H groups in total. The molecular weight excluding hydrogens is 278 g/mol. The van der Waals surface area contributed by atoms with Gasteiger partial charge in [-0.25, -0.2) is 0 Å². The summed E-state index contributed by atoms with van der Waals surface area (Å²) >= 11 is 0. The van der Waals surface area contributed by atoms with E-state index in [-0.39, 0.29) is 17.0 Å². The molecule has 5 nitrogen and oxygen atoms in total. The molecule has 106 valence electrons. The van der Waals surface area contributed by atoms with E-state index in [9.17, 15) is 9.90 Å². The molecule has 0 unspecified atom stereocenters. The molecule has 0 spiro atoms. The van der Waals surface area contributed by atoms with Crippen LogP contribution < -0.4 is 5.32 Å². The fourth-order valence-electron chi connectivity index (χ4n) is 2.31. The van der Waals surface area contributed by atoms with E-state index < -0.39 is 5.91 Å². The van der Waals surface area contributed by atoms with E-state index in [1.807, 2.05) is 6.07 Å². The van der Waals surface area contributed by atoms with Crippen LogP contribution in [0.5, 0.6) is 5.75 Å². The number of hydrogen-bond donors (Lipinski definition) is 2. The molecule has 0 aliphatic rings. The average Bonchev–Trinajstić information content (AvgIpc) is 2.55. The number of rotatable bonds is 2. The highest BCUT2D eigenvalue weighted by atomic mass is 16.3. The quantitative estimate of drug-likeness (QED) is 0.691. The maximum absolute atomic E-state index is 12.4. The molecule has 0 radical (unpaired) electrons. The maximum Gasteiger partial charge on any atom is 0.434 e. The number of hydrogen-bond acceptors (Lipinski definition) is 3. The number of phenolic OH excluding ortho intramolecular Hbond substituents is 1. The summed E-state index contributed by atoms with van der Waals surface area (Å²) in [7, 11) is 0. The van der Waals surface area contributed by atoms with Crippen LogP contribution in [0.1, 0.15) is 10.4 Å². The zero-order valence-electron chi connectivity index (χ0n) is 11.5. The second-order valence-electron chi connectivity index (χ2n) is 4.76. The van der Waals surface area contributed by atoms with Crippen LogP contribution in [0.2, 0.25) is 0 Å². The first-order valence-electron chi connectivity index (χ1n) is 6.67. The molecule has 22 heavy (non-hydrogen) atoms. The molecular formula is C17H12N3O2+. The van der Waals surface area contributed by atoms with Gasteiger partial charge in [0.2, 0.25) is 11.1 Å². The Kier molecular flexibility index (Phi) is 3.42. The van der Waals surface area contributed by atoms with Gasteiger partial charge >= 0.3 is 5.69 Å². The maximum atomic E-state index is 12.4. The topological polar surface area (TPSA) is 77.5 Å². The van der Waals surface area contributed by atoms with Crippen LogP contribution in [0.4, 0.5) is 11.4 Å². The third-order valence-corrected chi connectivity index (χ3v) is 3.37. The van der Waals surface area contributed by atoms with Crippen molar-refractivity contribution in [2.75, 3.05) is 5.32 Å². The Morgan fingerprint density at radius 2 is 1.73 bits per heavy atom. The molecule has 0 saturated carbocycles. The lowest BCUT2D eigenvalue weighted by Gasteiger charge is -2.07. The Morgan fingerprint density at radius 3 is 2.45 bits per heavy atom. The van der Waals surface area contributed by atoms with E-state index in [2.05, 4.69) is 10.3 Å². The number of carbonyl (C=O) groups is 1. The van der Waals surface area contributed by atoms with Gasteiger partial charge in [0.25, 0.3) is 5.91 Å². The zero-order valence-corrected chi connectivity index (χ0v) is 11.5. The summed E-state index contributed by atoms with van der Waals surface area (Å²) in [6.45, 7) is 0. The van der Waals surface area contributed by atoms with Gasteiger partial charge in [0.15, 0.2) is 4.98 Å². The Balaban J connectivity index is 2.09. The van der Waals surface area contributed by atoms with Crippen molar-refractivity contribution in [2.45, 2.75) is 0 Å². The fraction of sp³-hybridized carbons (Fsp3) is 0. The summed E-state index contributed by atoms with van der Waals surface area (Å²) in [6.07, 6.45) is 0. The number of phenols is 1. The zero-order chi connectivity index (χ0) is 15.5. The molecule has 5 heteroatoms. The smallest absolute Gasteiger partial charge is 0.434 e. The summed E-state index contributed by atoms with van der Waals surface area (Å²) < 4.78 is 0. The van der Waals surface area contributed by atoms with Crippen molar-refractivity contribution in [3.8, 4) is 5.75 Å². The van der Waals surface area contributed by atoms with Gasteiger partial charge in [-0.3, -0.25) is 4.79 Å². The third-order valence-electron chi connectivity index (χ3n) is 3.37. The summed E-state index contributed by atoms with van der Waals surface area (Å²) in [5.74, 6) is -0.825. The number of carbonyl (C=O) groups excluding carboxylic acids is 1. The van der Waals surface area contributed by atoms with Crippen LogP contribution in [-0.2, 0) is 0 Å². The molecule has 0 fully saturated rings. The van der Waals surface area contributed by atoms with Crippen molar-refractivity contribution in [3.63, 3.8) is 0 Å². The molecule has 1 amide bonds. The van der Waals surface area contributed by atoms with Crippen LogP contribution in [0.3, 0.4) is 0 Å². The lowest BCUT2D eigenvalue weighted by atomic mass is 10.0. The number of amides is 1. The molecule has 0 heterocycles. The summed E-state index contributed by atoms with van der Waals surface area (Å²) in [5.41, 5.74) is 0.647. The Bertz CT molecular complexity index is 899. The van der Waals surface area contributed by atoms with Gasteiger partial charge in [-0.05, 0) is 29.7 Å². The van der Waals surface area contributed by atoms with E-state index in [0.717, 1.165) is 0 Å². The SMILES string of the molecule is N#[N+]c1c(O)c(C(=O)Nc2ccccc2)cc2ccccc12.